The molecule has 1 aliphatic heterocycles. The number of rotatable bonds is 2. The van der Waals surface area contributed by atoms with E-state index in [2.05, 4.69) is 15.0 Å². The predicted octanol–water partition coefficient (Wildman–Crippen LogP) is 2.36. The van der Waals surface area contributed by atoms with E-state index in [1.807, 2.05) is 0 Å². The number of hydrogen-bond donors (Lipinski definition) is 1. The van der Waals surface area contributed by atoms with Gasteiger partial charge in [-0.3, -0.25) is 0 Å². The lowest BCUT2D eigenvalue weighted by Crippen LogP contribution is -2.35. The summed E-state index contributed by atoms with van der Waals surface area (Å²) in [6.45, 7) is 1.94. The van der Waals surface area contributed by atoms with Crippen LogP contribution in [0.15, 0.2) is 24.5 Å². The highest BCUT2D eigenvalue weighted by Crippen LogP contribution is 2.53. The van der Waals surface area contributed by atoms with Crippen molar-refractivity contribution >= 4 is 28.5 Å². The molecule has 1 saturated carbocycles. The number of aromatic nitrogens is 4. The molecule has 0 unspecified atom stereocenters. The van der Waals surface area contributed by atoms with Gasteiger partial charge in [0.2, 0.25) is 0 Å². The first-order valence-electron chi connectivity index (χ1n) is 8.27. The van der Waals surface area contributed by atoms with Crippen LogP contribution < -0.4 is 4.90 Å². The van der Waals surface area contributed by atoms with E-state index in [4.69, 9.17) is 4.98 Å². The first kappa shape index (κ1) is 13.7. The highest BCUT2D eigenvalue weighted by Gasteiger charge is 2.44. The summed E-state index contributed by atoms with van der Waals surface area (Å²) in [5, 5.41) is 13.5. The van der Waals surface area contributed by atoms with Crippen molar-refractivity contribution in [2.45, 2.75) is 25.7 Å². The highest BCUT2D eigenvalue weighted by molar-refractivity contribution is 5.93. The molecule has 1 aliphatic carbocycles. The Morgan fingerprint density at radius 1 is 1.17 bits per heavy atom. The lowest BCUT2D eigenvalue weighted by molar-refractivity contribution is 0.0697. The van der Waals surface area contributed by atoms with Crippen molar-refractivity contribution in [1.82, 2.24) is 19.6 Å². The van der Waals surface area contributed by atoms with E-state index < -0.39 is 5.97 Å². The second kappa shape index (κ2) is 4.66. The van der Waals surface area contributed by atoms with Crippen molar-refractivity contribution in [2.75, 3.05) is 18.0 Å². The Kier molecular flexibility index (Phi) is 2.66. The largest absolute Gasteiger partial charge is 0.478 e. The van der Waals surface area contributed by atoms with E-state index in [9.17, 15) is 9.90 Å². The summed E-state index contributed by atoms with van der Waals surface area (Å²) in [6, 6.07) is 4.92. The fourth-order valence-corrected chi connectivity index (χ4v) is 3.74. The van der Waals surface area contributed by atoms with Crippen molar-refractivity contribution < 1.29 is 9.90 Å². The maximum Gasteiger partial charge on any atom is 0.335 e. The van der Waals surface area contributed by atoms with Crippen LogP contribution in [0, 0.1) is 5.41 Å². The molecule has 0 radical (unpaired) electrons. The van der Waals surface area contributed by atoms with Crippen molar-refractivity contribution in [3.63, 3.8) is 0 Å². The Hall–Kier alpha value is -2.70. The number of nitrogens with zero attached hydrogens (tertiary/aromatic N) is 5. The van der Waals surface area contributed by atoms with Crippen molar-refractivity contribution in [1.29, 1.82) is 0 Å². The Bertz CT molecular complexity index is 966. The molecule has 2 aromatic heterocycles. The van der Waals surface area contributed by atoms with Gasteiger partial charge in [0.1, 0.15) is 6.33 Å². The molecule has 5 rings (SSSR count). The van der Waals surface area contributed by atoms with Crippen LogP contribution in [-0.4, -0.2) is 43.7 Å². The first-order chi connectivity index (χ1) is 11.7. The number of carboxylic acid groups (broad SMARTS) is 1. The average molecular weight is 323 g/mol. The topological polar surface area (TPSA) is 83.6 Å². The SMILES string of the molecule is O=C(O)c1ccc2c(c1)nc(N1CCC3(CC1)CC3)c1ncnn12. The van der Waals surface area contributed by atoms with Gasteiger partial charge in [-0.1, -0.05) is 0 Å². The van der Waals surface area contributed by atoms with Crippen LogP contribution in [0.5, 0.6) is 0 Å². The van der Waals surface area contributed by atoms with Gasteiger partial charge < -0.3 is 10.0 Å². The molecule has 0 bridgehead atoms. The monoisotopic (exact) mass is 323 g/mol. The summed E-state index contributed by atoms with van der Waals surface area (Å²) in [7, 11) is 0. The zero-order chi connectivity index (χ0) is 16.3. The summed E-state index contributed by atoms with van der Waals surface area (Å²) >= 11 is 0. The minimum atomic E-state index is -0.951. The maximum atomic E-state index is 11.3. The quantitative estimate of drug-likeness (QED) is 0.779. The zero-order valence-corrected chi connectivity index (χ0v) is 13.1. The van der Waals surface area contributed by atoms with Gasteiger partial charge in [0.05, 0.1) is 16.6 Å². The summed E-state index contributed by atoms with van der Waals surface area (Å²) < 4.78 is 1.75. The number of piperidine rings is 1. The van der Waals surface area contributed by atoms with E-state index in [1.54, 1.807) is 22.7 Å². The molecule has 0 amide bonds. The summed E-state index contributed by atoms with van der Waals surface area (Å²) in [6.07, 6.45) is 6.63. The third-order valence-electron chi connectivity index (χ3n) is 5.51. The molecule has 7 heteroatoms. The van der Waals surface area contributed by atoms with E-state index >= 15 is 0 Å². The number of fused-ring (bicyclic) bond motifs is 3. The molecular formula is C17H17N5O2. The number of aromatic carboxylic acids is 1. The second-order valence-corrected chi connectivity index (χ2v) is 6.93. The number of anilines is 1. The molecule has 2 fully saturated rings. The first-order valence-corrected chi connectivity index (χ1v) is 8.27. The summed E-state index contributed by atoms with van der Waals surface area (Å²) in [5.74, 6) is -0.148. The number of carboxylic acids is 1. The van der Waals surface area contributed by atoms with Crippen LogP contribution in [0.1, 0.15) is 36.0 Å². The lowest BCUT2D eigenvalue weighted by Gasteiger charge is -2.33. The van der Waals surface area contributed by atoms with Gasteiger partial charge in [-0.25, -0.2) is 19.3 Å². The molecule has 2 aliphatic rings. The highest BCUT2D eigenvalue weighted by atomic mass is 16.4. The minimum Gasteiger partial charge on any atom is -0.478 e. The van der Waals surface area contributed by atoms with Gasteiger partial charge in [-0.15, -0.1) is 0 Å². The minimum absolute atomic E-state index is 0.232. The van der Waals surface area contributed by atoms with E-state index in [1.165, 1.54) is 32.0 Å². The third kappa shape index (κ3) is 1.97. The molecule has 122 valence electrons. The second-order valence-electron chi connectivity index (χ2n) is 6.93. The Morgan fingerprint density at radius 2 is 1.96 bits per heavy atom. The summed E-state index contributed by atoms with van der Waals surface area (Å²) in [5.41, 5.74) is 2.96. The molecule has 24 heavy (non-hydrogen) atoms. The van der Waals surface area contributed by atoms with Crippen LogP contribution in [-0.2, 0) is 0 Å². The van der Waals surface area contributed by atoms with E-state index in [-0.39, 0.29) is 5.56 Å². The fourth-order valence-electron chi connectivity index (χ4n) is 3.74. The van der Waals surface area contributed by atoms with Crippen molar-refractivity contribution in [3.8, 4) is 0 Å². The molecule has 0 atom stereocenters. The average Bonchev–Trinajstić information content (AvgIpc) is 3.16. The predicted molar refractivity (Wildman–Crippen MR) is 88.4 cm³/mol. The Labute approximate surface area is 137 Å². The molecular weight excluding hydrogens is 306 g/mol. The van der Waals surface area contributed by atoms with E-state index in [0.29, 0.717) is 10.9 Å². The molecule has 1 saturated heterocycles. The Morgan fingerprint density at radius 3 is 2.67 bits per heavy atom. The van der Waals surface area contributed by atoms with Gasteiger partial charge in [-0.2, -0.15) is 5.10 Å². The molecule has 1 aromatic carbocycles. The molecule has 1 N–H and O–H groups in total. The van der Waals surface area contributed by atoms with Crippen LogP contribution in [0.4, 0.5) is 5.82 Å². The third-order valence-corrected chi connectivity index (χ3v) is 5.51. The number of carbonyl (C=O) groups is 1. The lowest BCUT2D eigenvalue weighted by atomic mass is 9.94. The van der Waals surface area contributed by atoms with Crippen LogP contribution >= 0.6 is 0 Å². The van der Waals surface area contributed by atoms with Gasteiger partial charge in [0, 0.05) is 13.1 Å². The van der Waals surface area contributed by atoms with Crippen molar-refractivity contribution in [2.24, 2.45) is 5.41 Å². The van der Waals surface area contributed by atoms with Crippen molar-refractivity contribution in [3.05, 3.63) is 30.1 Å². The summed E-state index contributed by atoms with van der Waals surface area (Å²) in [4.78, 5) is 22.6. The zero-order valence-electron chi connectivity index (χ0n) is 13.1. The molecule has 1 spiro atoms. The van der Waals surface area contributed by atoms with Crippen LogP contribution in [0.3, 0.4) is 0 Å². The normalized spacial score (nSPS) is 19.2. The molecule has 3 heterocycles. The number of hydrogen-bond acceptors (Lipinski definition) is 5. The molecule has 3 aromatic rings. The van der Waals surface area contributed by atoms with Gasteiger partial charge >= 0.3 is 5.97 Å². The molecule has 7 nitrogen and oxygen atoms in total. The van der Waals surface area contributed by atoms with Gasteiger partial charge in [0.15, 0.2) is 11.5 Å². The van der Waals surface area contributed by atoms with Gasteiger partial charge in [-0.05, 0) is 49.3 Å². The van der Waals surface area contributed by atoms with Crippen LogP contribution in [0.2, 0.25) is 0 Å². The standard InChI is InChI=1S/C17H17N5O2/c23-16(24)11-1-2-13-12(9-11)20-15(14-18-10-19-22(13)14)21-7-5-17(3-4-17)6-8-21/h1-2,9-10H,3-8H2,(H,23,24). The fraction of sp³-hybridized carbons (Fsp3) is 0.412. The smallest absolute Gasteiger partial charge is 0.335 e. The maximum absolute atomic E-state index is 11.3. The van der Waals surface area contributed by atoms with Crippen LogP contribution in [0.25, 0.3) is 16.7 Å². The van der Waals surface area contributed by atoms with E-state index in [0.717, 1.165) is 30.1 Å². The number of benzene rings is 1. The van der Waals surface area contributed by atoms with Gasteiger partial charge in [0.25, 0.3) is 0 Å². The Balaban J connectivity index is 1.65.